The van der Waals surface area contributed by atoms with Crippen molar-refractivity contribution in [2.75, 3.05) is 18.5 Å². The van der Waals surface area contributed by atoms with Crippen LogP contribution in [0.2, 0.25) is 0 Å². The molecule has 0 atom stereocenters. The normalized spacial score (nSPS) is 9.33. The van der Waals surface area contributed by atoms with Gasteiger partial charge in [-0.2, -0.15) is 0 Å². The molecule has 0 unspecified atom stereocenters. The van der Waals surface area contributed by atoms with Gasteiger partial charge in [0.25, 0.3) is 5.91 Å². The molecule has 6 heteroatoms. The fourth-order valence-corrected chi connectivity index (χ4v) is 1.42. The van der Waals surface area contributed by atoms with E-state index in [0.29, 0.717) is 5.69 Å². The molecule has 0 heterocycles. The summed E-state index contributed by atoms with van der Waals surface area (Å²) in [4.78, 5) is 34.6. The Morgan fingerprint density at radius 3 is 2.57 bits per heavy atom. The molecule has 1 aromatic carbocycles. The highest BCUT2D eigenvalue weighted by Gasteiger charge is 2.13. The minimum atomic E-state index is -0.573. The van der Waals surface area contributed by atoms with Crippen molar-refractivity contribution in [3.63, 3.8) is 0 Å². The number of carbonyl (C=O) groups excluding carboxylic acids is 3. The molecule has 0 aromatic heterocycles. The number of para-hydroxylation sites is 1. The van der Waals surface area contributed by atoms with Gasteiger partial charge < -0.3 is 15.4 Å². The average molecular weight is 288 g/mol. The van der Waals surface area contributed by atoms with E-state index in [0.717, 1.165) is 6.08 Å². The lowest BCUT2D eigenvalue weighted by molar-refractivity contribution is -0.141. The van der Waals surface area contributed by atoms with Crippen LogP contribution in [0.25, 0.3) is 0 Å². The first kappa shape index (κ1) is 16.2. The van der Waals surface area contributed by atoms with Crippen LogP contribution in [0.15, 0.2) is 49.6 Å². The van der Waals surface area contributed by atoms with Gasteiger partial charge in [0.05, 0.1) is 11.3 Å². The van der Waals surface area contributed by atoms with E-state index in [4.69, 9.17) is 4.74 Å². The third-order valence-electron chi connectivity index (χ3n) is 2.37. The quantitative estimate of drug-likeness (QED) is 0.449. The van der Waals surface area contributed by atoms with Crippen LogP contribution in [0.3, 0.4) is 0 Å². The average Bonchev–Trinajstić information content (AvgIpc) is 2.50. The van der Waals surface area contributed by atoms with Crippen molar-refractivity contribution in [1.82, 2.24) is 5.32 Å². The van der Waals surface area contributed by atoms with Crippen molar-refractivity contribution < 1.29 is 19.1 Å². The van der Waals surface area contributed by atoms with Crippen molar-refractivity contribution in [2.24, 2.45) is 0 Å². The molecule has 6 nitrogen and oxygen atoms in total. The summed E-state index contributed by atoms with van der Waals surface area (Å²) in [5, 5.41) is 4.93. The zero-order valence-electron chi connectivity index (χ0n) is 11.4. The molecule has 21 heavy (non-hydrogen) atoms. The fourth-order valence-electron chi connectivity index (χ4n) is 1.42. The molecule has 0 radical (unpaired) electrons. The van der Waals surface area contributed by atoms with Gasteiger partial charge in [-0.05, 0) is 18.2 Å². The fraction of sp³-hybridized carbons (Fsp3) is 0.133. The number of ether oxygens (including phenoxy) is 1. The monoisotopic (exact) mass is 288 g/mol. The third kappa shape index (κ3) is 5.32. The third-order valence-corrected chi connectivity index (χ3v) is 2.37. The van der Waals surface area contributed by atoms with Gasteiger partial charge in [0.15, 0.2) is 0 Å². The topological polar surface area (TPSA) is 84.5 Å². The highest BCUT2D eigenvalue weighted by atomic mass is 16.5. The predicted octanol–water partition coefficient (Wildman–Crippen LogP) is 1.27. The van der Waals surface area contributed by atoms with Crippen molar-refractivity contribution in [3.05, 3.63) is 55.1 Å². The lowest BCUT2D eigenvalue weighted by Gasteiger charge is -2.10. The van der Waals surface area contributed by atoms with Gasteiger partial charge in [-0.3, -0.25) is 14.4 Å². The van der Waals surface area contributed by atoms with Gasteiger partial charge in [-0.15, -0.1) is 0 Å². The van der Waals surface area contributed by atoms with Crippen LogP contribution in [0.5, 0.6) is 0 Å². The largest absolute Gasteiger partial charge is 0.460 e. The maximum Gasteiger partial charge on any atom is 0.325 e. The summed E-state index contributed by atoms with van der Waals surface area (Å²) < 4.78 is 4.73. The highest BCUT2D eigenvalue weighted by molar-refractivity contribution is 6.06. The molecular weight excluding hydrogens is 272 g/mol. The zero-order valence-corrected chi connectivity index (χ0v) is 11.4. The number of rotatable bonds is 7. The summed E-state index contributed by atoms with van der Waals surface area (Å²) in [6.45, 7) is 6.56. The van der Waals surface area contributed by atoms with Crippen LogP contribution >= 0.6 is 0 Å². The molecule has 0 aliphatic rings. The number of benzene rings is 1. The van der Waals surface area contributed by atoms with Gasteiger partial charge in [0, 0.05) is 0 Å². The first-order valence-electron chi connectivity index (χ1n) is 6.15. The highest BCUT2D eigenvalue weighted by Crippen LogP contribution is 2.14. The predicted molar refractivity (Wildman–Crippen MR) is 78.8 cm³/mol. The number of amides is 2. The number of carbonyl (C=O) groups is 3. The van der Waals surface area contributed by atoms with E-state index in [1.807, 2.05) is 0 Å². The van der Waals surface area contributed by atoms with Crippen LogP contribution in [-0.2, 0) is 14.3 Å². The summed E-state index contributed by atoms with van der Waals surface area (Å²) in [7, 11) is 0. The van der Waals surface area contributed by atoms with Crippen LogP contribution in [-0.4, -0.2) is 30.9 Å². The Hall–Kier alpha value is -2.89. The van der Waals surface area contributed by atoms with E-state index in [-0.39, 0.29) is 18.7 Å². The maximum atomic E-state index is 12.0. The van der Waals surface area contributed by atoms with E-state index in [1.165, 1.54) is 12.1 Å². The number of hydrogen-bond acceptors (Lipinski definition) is 4. The van der Waals surface area contributed by atoms with E-state index in [2.05, 4.69) is 23.8 Å². The Bertz CT molecular complexity index is 567. The molecule has 0 saturated carbocycles. The minimum Gasteiger partial charge on any atom is -0.460 e. The molecule has 0 fully saturated rings. The second kappa shape index (κ2) is 8.31. The van der Waals surface area contributed by atoms with Gasteiger partial charge >= 0.3 is 5.97 Å². The molecule has 2 amide bonds. The molecule has 0 spiro atoms. The van der Waals surface area contributed by atoms with E-state index in [9.17, 15) is 14.4 Å². The number of anilines is 1. The molecular formula is C15H16N2O4. The molecule has 2 N–H and O–H groups in total. The Morgan fingerprint density at radius 2 is 1.90 bits per heavy atom. The second-order valence-electron chi connectivity index (χ2n) is 3.89. The summed E-state index contributed by atoms with van der Waals surface area (Å²) in [6, 6.07) is 6.43. The standard InChI is InChI=1S/C15H16N2O4/c1-3-9-21-14(19)10-16-15(20)11-7-5-6-8-12(11)17-13(18)4-2/h3-8H,1-2,9-10H2,(H,16,20)(H,17,18). The van der Waals surface area contributed by atoms with Crippen molar-refractivity contribution in [1.29, 1.82) is 0 Å². The van der Waals surface area contributed by atoms with Crippen LogP contribution in [0.4, 0.5) is 5.69 Å². The minimum absolute atomic E-state index is 0.0840. The van der Waals surface area contributed by atoms with Crippen molar-refractivity contribution in [3.8, 4) is 0 Å². The number of esters is 1. The molecule has 0 aliphatic heterocycles. The maximum absolute atomic E-state index is 12.0. The van der Waals surface area contributed by atoms with E-state index in [1.54, 1.807) is 18.2 Å². The molecule has 0 bridgehead atoms. The Kier molecular flexibility index (Phi) is 6.40. The number of nitrogens with one attached hydrogen (secondary N) is 2. The van der Waals surface area contributed by atoms with Gasteiger partial charge in [-0.25, -0.2) is 0 Å². The molecule has 0 aliphatic carbocycles. The lowest BCUT2D eigenvalue weighted by Crippen LogP contribution is -2.31. The van der Waals surface area contributed by atoms with Crippen LogP contribution < -0.4 is 10.6 Å². The lowest BCUT2D eigenvalue weighted by atomic mass is 10.1. The van der Waals surface area contributed by atoms with E-state index < -0.39 is 17.8 Å². The summed E-state index contributed by atoms with van der Waals surface area (Å²) in [5.41, 5.74) is 0.573. The molecule has 110 valence electrons. The summed E-state index contributed by atoms with van der Waals surface area (Å²) in [6.07, 6.45) is 2.53. The summed E-state index contributed by atoms with van der Waals surface area (Å²) in [5.74, 6) is -1.50. The summed E-state index contributed by atoms with van der Waals surface area (Å²) >= 11 is 0. The second-order valence-corrected chi connectivity index (χ2v) is 3.89. The number of hydrogen-bond donors (Lipinski definition) is 2. The smallest absolute Gasteiger partial charge is 0.325 e. The van der Waals surface area contributed by atoms with Crippen LogP contribution in [0, 0.1) is 0 Å². The molecule has 1 rings (SSSR count). The SMILES string of the molecule is C=CCOC(=O)CNC(=O)c1ccccc1NC(=O)C=C. The zero-order chi connectivity index (χ0) is 15.7. The van der Waals surface area contributed by atoms with Crippen molar-refractivity contribution >= 4 is 23.5 Å². The molecule has 0 saturated heterocycles. The first-order chi connectivity index (χ1) is 10.1. The van der Waals surface area contributed by atoms with Gasteiger partial charge in [0.2, 0.25) is 5.91 Å². The molecule has 1 aromatic rings. The van der Waals surface area contributed by atoms with E-state index >= 15 is 0 Å². The Labute approximate surface area is 122 Å². The van der Waals surface area contributed by atoms with Gasteiger partial charge in [-0.1, -0.05) is 31.4 Å². The van der Waals surface area contributed by atoms with Crippen LogP contribution in [0.1, 0.15) is 10.4 Å². The van der Waals surface area contributed by atoms with Crippen molar-refractivity contribution in [2.45, 2.75) is 0 Å². The van der Waals surface area contributed by atoms with Gasteiger partial charge in [0.1, 0.15) is 13.2 Å². The first-order valence-corrected chi connectivity index (χ1v) is 6.15. The Morgan fingerprint density at radius 1 is 1.19 bits per heavy atom. The Balaban J connectivity index is 2.69.